The normalized spacial score (nSPS) is 12.2. The monoisotopic (exact) mass is 242 g/mol. The molecule has 5 heteroatoms. The summed E-state index contributed by atoms with van der Waals surface area (Å²) >= 11 is 1.67. The molecular formula is C11H15FN2OS. The van der Waals surface area contributed by atoms with Crippen molar-refractivity contribution in [3.05, 3.63) is 29.8 Å². The van der Waals surface area contributed by atoms with Crippen LogP contribution in [0.25, 0.3) is 0 Å². The Morgan fingerprint density at radius 3 is 3.00 bits per heavy atom. The Labute approximate surface area is 98.8 Å². The molecule has 1 rings (SSSR count). The first-order valence-corrected chi connectivity index (χ1v) is 6.48. The van der Waals surface area contributed by atoms with Gasteiger partial charge in [0.05, 0.1) is 0 Å². The highest BCUT2D eigenvalue weighted by Gasteiger charge is 2.12. The Bertz CT molecular complexity index is 360. The Morgan fingerprint density at radius 1 is 1.69 bits per heavy atom. The Hall–Kier alpha value is -1.10. The van der Waals surface area contributed by atoms with Crippen LogP contribution in [0.2, 0.25) is 0 Å². The van der Waals surface area contributed by atoms with Gasteiger partial charge in [0.1, 0.15) is 0 Å². The predicted molar refractivity (Wildman–Crippen MR) is 64.1 cm³/mol. The van der Waals surface area contributed by atoms with Crippen molar-refractivity contribution < 1.29 is 9.18 Å². The van der Waals surface area contributed by atoms with E-state index in [0.29, 0.717) is 5.56 Å². The molecule has 1 unspecified atom stereocenters. The first-order chi connectivity index (χ1) is 7.67. The summed E-state index contributed by atoms with van der Waals surface area (Å²) in [6.07, 6.45) is 4.14. The number of amides is 1. The molecule has 1 heterocycles. The number of aromatic nitrogens is 1. The fraction of sp³-hybridized carbons (Fsp3) is 0.455. The smallest absolute Gasteiger partial charge is 0.251 e. The number of carbonyl (C=O) groups is 1. The maximum absolute atomic E-state index is 12.8. The molecule has 0 aromatic carbocycles. The van der Waals surface area contributed by atoms with Gasteiger partial charge in [-0.15, -0.1) is 0 Å². The van der Waals surface area contributed by atoms with Crippen molar-refractivity contribution in [3.8, 4) is 0 Å². The van der Waals surface area contributed by atoms with Gasteiger partial charge in [-0.2, -0.15) is 16.2 Å². The summed E-state index contributed by atoms with van der Waals surface area (Å²) in [5.74, 6) is -0.0247. The third kappa shape index (κ3) is 3.81. The molecule has 0 aliphatic rings. The first kappa shape index (κ1) is 13.0. The van der Waals surface area contributed by atoms with Gasteiger partial charge in [-0.05, 0) is 18.7 Å². The van der Waals surface area contributed by atoms with Crippen LogP contribution in [0, 0.1) is 5.95 Å². The molecule has 0 bridgehead atoms. The van der Waals surface area contributed by atoms with Crippen molar-refractivity contribution >= 4 is 17.7 Å². The second-order valence-electron chi connectivity index (χ2n) is 3.40. The quantitative estimate of drug-likeness (QED) is 0.804. The van der Waals surface area contributed by atoms with Crippen molar-refractivity contribution in [2.24, 2.45) is 0 Å². The van der Waals surface area contributed by atoms with Crippen LogP contribution < -0.4 is 5.32 Å². The predicted octanol–water partition coefficient (Wildman–Crippen LogP) is 2.09. The van der Waals surface area contributed by atoms with Gasteiger partial charge in [0, 0.05) is 29.6 Å². The van der Waals surface area contributed by atoms with Crippen LogP contribution in [0.3, 0.4) is 0 Å². The van der Waals surface area contributed by atoms with E-state index >= 15 is 0 Å². The number of nitrogens with zero attached hydrogens (tertiary/aromatic N) is 1. The zero-order valence-electron chi connectivity index (χ0n) is 9.37. The molecule has 0 spiro atoms. The number of rotatable bonds is 5. The van der Waals surface area contributed by atoms with E-state index in [1.165, 1.54) is 12.3 Å². The lowest BCUT2D eigenvalue weighted by Crippen LogP contribution is -2.36. The van der Waals surface area contributed by atoms with E-state index < -0.39 is 5.95 Å². The highest BCUT2D eigenvalue weighted by molar-refractivity contribution is 7.98. The molecule has 0 radical (unpaired) electrons. The molecule has 16 heavy (non-hydrogen) atoms. The summed E-state index contributed by atoms with van der Waals surface area (Å²) in [5.41, 5.74) is 0.312. The molecule has 1 aromatic heterocycles. The van der Waals surface area contributed by atoms with E-state index in [1.807, 2.05) is 13.2 Å². The Kier molecular flexibility index (Phi) is 5.25. The summed E-state index contributed by atoms with van der Waals surface area (Å²) in [5, 5.41) is 2.86. The van der Waals surface area contributed by atoms with Crippen molar-refractivity contribution in [2.75, 3.05) is 12.0 Å². The van der Waals surface area contributed by atoms with E-state index in [0.717, 1.165) is 18.2 Å². The zero-order valence-corrected chi connectivity index (χ0v) is 10.2. The molecule has 0 aliphatic carbocycles. The van der Waals surface area contributed by atoms with Crippen molar-refractivity contribution in [3.63, 3.8) is 0 Å². The molecule has 0 fully saturated rings. The lowest BCUT2D eigenvalue weighted by molar-refractivity contribution is 0.0939. The average molecular weight is 242 g/mol. The van der Waals surface area contributed by atoms with E-state index in [2.05, 4.69) is 10.3 Å². The van der Waals surface area contributed by atoms with Gasteiger partial charge in [-0.25, -0.2) is 4.98 Å². The summed E-state index contributed by atoms with van der Waals surface area (Å²) in [4.78, 5) is 15.1. The van der Waals surface area contributed by atoms with E-state index in [-0.39, 0.29) is 11.9 Å². The first-order valence-electron chi connectivity index (χ1n) is 5.08. The molecule has 0 aliphatic heterocycles. The minimum absolute atomic E-state index is 0.124. The fourth-order valence-corrected chi connectivity index (χ4v) is 2.00. The standard InChI is InChI=1S/C11H15FN2OS/c1-3-9(7-16-2)14-11(15)8-4-5-13-10(12)6-8/h4-6,9H,3,7H2,1-2H3,(H,14,15). The van der Waals surface area contributed by atoms with Crippen molar-refractivity contribution in [1.29, 1.82) is 0 Å². The van der Waals surface area contributed by atoms with Crippen molar-refractivity contribution in [2.45, 2.75) is 19.4 Å². The maximum Gasteiger partial charge on any atom is 0.251 e. The van der Waals surface area contributed by atoms with Gasteiger partial charge in [-0.1, -0.05) is 6.92 Å². The Balaban J connectivity index is 2.64. The second-order valence-corrected chi connectivity index (χ2v) is 4.31. The molecule has 1 aromatic rings. The average Bonchev–Trinajstić information content (AvgIpc) is 2.28. The van der Waals surface area contributed by atoms with Crippen LogP contribution in [-0.2, 0) is 0 Å². The van der Waals surface area contributed by atoms with Crippen LogP contribution in [0.1, 0.15) is 23.7 Å². The highest BCUT2D eigenvalue weighted by atomic mass is 32.2. The SMILES string of the molecule is CCC(CSC)NC(=O)c1ccnc(F)c1. The minimum Gasteiger partial charge on any atom is -0.348 e. The molecule has 1 atom stereocenters. The van der Waals surface area contributed by atoms with E-state index in [1.54, 1.807) is 11.8 Å². The number of hydrogen-bond acceptors (Lipinski definition) is 3. The largest absolute Gasteiger partial charge is 0.348 e. The topological polar surface area (TPSA) is 42.0 Å². The molecular weight excluding hydrogens is 227 g/mol. The van der Waals surface area contributed by atoms with Gasteiger partial charge in [0.2, 0.25) is 5.95 Å². The second kappa shape index (κ2) is 6.48. The lowest BCUT2D eigenvalue weighted by atomic mass is 10.2. The zero-order chi connectivity index (χ0) is 12.0. The van der Waals surface area contributed by atoms with Crippen LogP contribution in [-0.4, -0.2) is 28.9 Å². The number of hydrogen-bond donors (Lipinski definition) is 1. The summed E-state index contributed by atoms with van der Waals surface area (Å²) in [6.45, 7) is 2.01. The third-order valence-corrected chi connectivity index (χ3v) is 2.92. The van der Waals surface area contributed by atoms with E-state index in [4.69, 9.17) is 0 Å². The maximum atomic E-state index is 12.8. The number of thioether (sulfide) groups is 1. The van der Waals surface area contributed by atoms with Crippen LogP contribution >= 0.6 is 11.8 Å². The van der Waals surface area contributed by atoms with Gasteiger partial charge in [0.15, 0.2) is 0 Å². The van der Waals surface area contributed by atoms with Gasteiger partial charge in [-0.3, -0.25) is 4.79 Å². The number of nitrogens with one attached hydrogen (secondary N) is 1. The van der Waals surface area contributed by atoms with Gasteiger partial charge < -0.3 is 5.32 Å². The number of pyridine rings is 1. The van der Waals surface area contributed by atoms with Crippen LogP contribution in [0.15, 0.2) is 18.3 Å². The van der Waals surface area contributed by atoms with Crippen molar-refractivity contribution in [1.82, 2.24) is 10.3 Å². The van der Waals surface area contributed by atoms with Gasteiger partial charge in [0.25, 0.3) is 5.91 Å². The summed E-state index contributed by atoms with van der Waals surface area (Å²) < 4.78 is 12.8. The Morgan fingerprint density at radius 2 is 2.44 bits per heavy atom. The number of carbonyl (C=O) groups excluding carboxylic acids is 1. The molecule has 0 saturated carbocycles. The van der Waals surface area contributed by atoms with Crippen LogP contribution in [0.4, 0.5) is 4.39 Å². The molecule has 1 amide bonds. The van der Waals surface area contributed by atoms with Crippen LogP contribution in [0.5, 0.6) is 0 Å². The summed E-state index contributed by atoms with van der Waals surface area (Å²) in [6, 6.07) is 2.77. The van der Waals surface area contributed by atoms with E-state index in [9.17, 15) is 9.18 Å². The fourth-order valence-electron chi connectivity index (χ4n) is 1.28. The lowest BCUT2D eigenvalue weighted by Gasteiger charge is -2.15. The number of halogens is 1. The van der Waals surface area contributed by atoms with Gasteiger partial charge >= 0.3 is 0 Å². The minimum atomic E-state index is -0.634. The summed E-state index contributed by atoms with van der Waals surface area (Å²) in [7, 11) is 0. The molecule has 3 nitrogen and oxygen atoms in total. The highest BCUT2D eigenvalue weighted by Crippen LogP contribution is 2.04. The molecule has 88 valence electrons. The molecule has 0 saturated heterocycles. The third-order valence-electron chi connectivity index (χ3n) is 2.18. The molecule has 1 N–H and O–H groups in total.